The minimum atomic E-state index is -1.11. The van der Waals surface area contributed by atoms with Gasteiger partial charge in [0.05, 0.1) is 0 Å². The summed E-state index contributed by atoms with van der Waals surface area (Å²) in [7, 11) is 0. The first-order valence-corrected chi connectivity index (χ1v) is 6.62. The molecule has 0 aliphatic carbocycles. The van der Waals surface area contributed by atoms with Gasteiger partial charge in [-0.25, -0.2) is 8.78 Å². The Kier molecular flexibility index (Phi) is 3.83. The van der Waals surface area contributed by atoms with Gasteiger partial charge in [-0.15, -0.1) is 0 Å². The first-order chi connectivity index (χ1) is 10.6. The molecule has 0 unspecified atom stereocenters. The van der Waals surface area contributed by atoms with E-state index >= 15 is 0 Å². The van der Waals surface area contributed by atoms with Crippen molar-refractivity contribution in [2.75, 3.05) is 0 Å². The third-order valence-corrected chi connectivity index (χ3v) is 3.15. The molecule has 0 saturated carbocycles. The van der Waals surface area contributed by atoms with Gasteiger partial charge < -0.3 is 4.74 Å². The maximum atomic E-state index is 14.2. The predicted molar refractivity (Wildman–Crippen MR) is 78.3 cm³/mol. The highest BCUT2D eigenvalue weighted by molar-refractivity contribution is 5.65. The molecule has 3 rings (SSSR count). The van der Waals surface area contributed by atoms with Gasteiger partial charge in [0.2, 0.25) is 5.82 Å². The summed E-state index contributed by atoms with van der Waals surface area (Å²) >= 11 is 0. The molecule has 0 heterocycles. The highest BCUT2D eigenvalue weighted by Gasteiger charge is 2.16. The third-order valence-electron chi connectivity index (χ3n) is 3.15. The smallest absolute Gasteiger partial charge is 0.201 e. The summed E-state index contributed by atoms with van der Waals surface area (Å²) in [4.78, 5) is 0. The van der Waals surface area contributed by atoms with Gasteiger partial charge in [-0.1, -0.05) is 30.3 Å². The summed E-state index contributed by atoms with van der Waals surface area (Å²) in [6.07, 6.45) is 0. The first kappa shape index (κ1) is 14.2. The minimum Gasteiger partial charge on any atom is -0.454 e. The van der Waals surface area contributed by atoms with Crippen LogP contribution in [0, 0.1) is 17.5 Å². The number of benzene rings is 3. The van der Waals surface area contributed by atoms with Gasteiger partial charge in [-0.2, -0.15) is 4.39 Å². The van der Waals surface area contributed by atoms with Gasteiger partial charge in [0.15, 0.2) is 11.6 Å². The number of halogens is 3. The first-order valence-electron chi connectivity index (χ1n) is 6.62. The summed E-state index contributed by atoms with van der Waals surface area (Å²) < 4.78 is 46.9. The number of para-hydroxylation sites is 1. The summed E-state index contributed by atoms with van der Waals surface area (Å²) in [6.45, 7) is 0. The molecule has 4 heteroatoms. The average Bonchev–Trinajstić information content (AvgIpc) is 2.53. The molecular weight excluding hydrogens is 289 g/mol. The fraction of sp³-hybridized carbons (Fsp3) is 0. The van der Waals surface area contributed by atoms with Crippen molar-refractivity contribution in [3.8, 4) is 22.6 Å². The second-order valence-corrected chi connectivity index (χ2v) is 4.66. The van der Waals surface area contributed by atoms with Crippen molar-refractivity contribution in [2.45, 2.75) is 0 Å². The molecule has 0 bridgehead atoms. The van der Waals surface area contributed by atoms with Gasteiger partial charge in [0.25, 0.3) is 0 Å². The van der Waals surface area contributed by atoms with E-state index in [9.17, 15) is 13.2 Å². The SMILES string of the molecule is Fc1cccc(-c2ccc(Oc3ccccc3)c(F)c2F)c1. The highest BCUT2D eigenvalue weighted by atomic mass is 19.2. The van der Waals surface area contributed by atoms with Crippen LogP contribution in [0.4, 0.5) is 13.2 Å². The van der Waals surface area contributed by atoms with Crippen molar-refractivity contribution in [2.24, 2.45) is 0 Å². The summed E-state index contributed by atoms with van der Waals surface area (Å²) in [5.74, 6) is -2.50. The molecule has 0 radical (unpaired) electrons. The summed E-state index contributed by atoms with van der Waals surface area (Å²) in [5.41, 5.74) is 0.250. The molecule has 22 heavy (non-hydrogen) atoms. The molecule has 0 fully saturated rings. The van der Waals surface area contributed by atoms with Crippen LogP contribution < -0.4 is 4.74 Å². The Labute approximate surface area is 125 Å². The lowest BCUT2D eigenvalue weighted by Crippen LogP contribution is -1.95. The molecule has 0 atom stereocenters. The van der Waals surface area contributed by atoms with Gasteiger partial charge in [0, 0.05) is 5.56 Å². The van der Waals surface area contributed by atoms with Gasteiger partial charge >= 0.3 is 0 Å². The predicted octanol–water partition coefficient (Wildman–Crippen LogP) is 5.56. The molecule has 3 aromatic carbocycles. The Morgan fingerprint density at radius 1 is 0.682 bits per heavy atom. The van der Waals surface area contributed by atoms with E-state index in [-0.39, 0.29) is 16.9 Å². The van der Waals surface area contributed by atoms with Gasteiger partial charge in [-0.3, -0.25) is 0 Å². The van der Waals surface area contributed by atoms with E-state index in [1.165, 1.54) is 30.3 Å². The lowest BCUT2D eigenvalue weighted by atomic mass is 10.0. The van der Waals surface area contributed by atoms with Gasteiger partial charge in [-0.05, 0) is 42.0 Å². The number of ether oxygens (including phenoxy) is 1. The molecule has 3 aromatic rings. The van der Waals surface area contributed by atoms with Crippen LogP contribution in [-0.2, 0) is 0 Å². The van der Waals surface area contributed by atoms with Crippen LogP contribution in [0.3, 0.4) is 0 Å². The lowest BCUT2D eigenvalue weighted by Gasteiger charge is -2.10. The third kappa shape index (κ3) is 2.81. The molecule has 0 aromatic heterocycles. The van der Waals surface area contributed by atoms with Crippen molar-refractivity contribution in [3.63, 3.8) is 0 Å². The minimum absolute atomic E-state index is 0.0163. The van der Waals surface area contributed by atoms with Crippen molar-refractivity contribution >= 4 is 0 Å². The molecule has 1 nitrogen and oxygen atoms in total. The quantitative estimate of drug-likeness (QED) is 0.615. The molecule has 110 valence electrons. The van der Waals surface area contributed by atoms with Gasteiger partial charge in [0.1, 0.15) is 11.6 Å². The Morgan fingerprint density at radius 2 is 1.45 bits per heavy atom. The normalized spacial score (nSPS) is 10.5. The largest absolute Gasteiger partial charge is 0.454 e. The van der Waals surface area contributed by atoms with Crippen LogP contribution in [0.5, 0.6) is 11.5 Å². The second kappa shape index (κ2) is 5.93. The average molecular weight is 300 g/mol. The van der Waals surface area contributed by atoms with Crippen LogP contribution in [0.1, 0.15) is 0 Å². The number of hydrogen-bond donors (Lipinski definition) is 0. The molecule has 0 spiro atoms. The summed E-state index contributed by atoms with van der Waals surface area (Å²) in [6, 6.07) is 16.5. The maximum Gasteiger partial charge on any atom is 0.201 e. The molecule has 0 N–H and O–H groups in total. The standard InChI is InChI=1S/C18H11F3O/c19-13-6-4-5-12(11-13)15-9-10-16(18(21)17(15)20)22-14-7-2-1-3-8-14/h1-11H. The molecule has 0 saturated heterocycles. The monoisotopic (exact) mass is 300 g/mol. The van der Waals surface area contributed by atoms with Crippen LogP contribution in [0.15, 0.2) is 66.7 Å². The molecule has 0 aliphatic heterocycles. The van der Waals surface area contributed by atoms with Crippen molar-refractivity contribution in [1.29, 1.82) is 0 Å². The Morgan fingerprint density at radius 3 is 2.18 bits per heavy atom. The topological polar surface area (TPSA) is 9.23 Å². The fourth-order valence-corrected chi connectivity index (χ4v) is 2.11. The lowest BCUT2D eigenvalue weighted by molar-refractivity contribution is 0.417. The van der Waals surface area contributed by atoms with E-state index in [2.05, 4.69) is 0 Å². The van der Waals surface area contributed by atoms with E-state index in [0.29, 0.717) is 5.75 Å². The maximum absolute atomic E-state index is 14.2. The zero-order valence-electron chi connectivity index (χ0n) is 11.4. The number of rotatable bonds is 3. The van der Waals surface area contributed by atoms with Crippen LogP contribution in [-0.4, -0.2) is 0 Å². The molecule has 0 aliphatic rings. The summed E-state index contributed by atoms with van der Waals surface area (Å²) in [5, 5.41) is 0. The van der Waals surface area contributed by atoms with Crippen LogP contribution >= 0.6 is 0 Å². The van der Waals surface area contributed by atoms with Crippen LogP contribution in [0.2, 0.25) is 0 Å². The van der Waals surface area contributed by atoms with E-state index in [0.717, 1.165) is 6.07 Å². The molecule has 0 amide bonds. The van der Waals surface area contributed by atoms with Crippen LogP contribution in [0.25, 0.3) is 11.1 Å². The highest BCUT2D eigenvalue weighted by Crippen LogP contribution is 2.32. The second-order valence-electron chi connectivity index (χ2n) is 4.66. The van der Waals surface area contributed by atoms with E-state index in [4.69, 9.17) is 4.74 Å². The molecular formula is C18H11F3O. The van der Waals surface area contributed by atoms with E-state index < -0.39 is 17.5 Å². The Hall–Kier alpha value is -2.75. The Balaban J connectivity index is 1.98. The fourth-order valence-electron chi connectivity index (χ4n) is 2.11. The van der Waals surface area contributed by atoms with Crippen molar-refractivity contribution < 1.29 is 17.9 Å². The van der Waals surface area contributed by atoms with E-state index in [1.807, 2.05) is 0 Å². The van der Waals surface area contributed by atoms with Crippen molar-refractivity contribution in [3.05, 3.63) is 84.2 Å². The zero-order chi connectivity index (χ0) is 15.5. The zero-order valence-corrected chi connectivity index (χ0v) is 11.4. The van der Waals surface area contributed by atoms with Crippen molar-refractivity contribution in [1.82, 2.24) is 0 Å². The van der Waals surface area contributed by atoms with E-state index in [1.54, 1.807) is 30.3 Å². The number of hydrogen-bond acceptors (Lipinski definition) is 1. The Bertz CT molecular complexity index is 801.